The molecule has 25 heavy (non-hydrogen) atoms. The van der Waals surface area contributed by atoms with Gasteiger partial charge in [0, 0.05) is 15.8 Å². The number of halogens is 1. The fraction of sp³-hybridized carbons (Fsp3) is 0.0500. The van der Waals surface area contributed by atoms with Crippen molar-refractivity contribution in [3.05, 3.63) is 71.8 Å². The van der Waals surface area contributed by atoms with Crippen molar-refractivity contribution < 1.29 is 4.74 Å². The van der Waals surface area contributed by atoms with Crippen LogP contribution in [-0.2, 0) is 0 Å². The number of hydrogen-bond donors (Lipinski definition) is 2. The van der Waals surface area contributed by atoms with Crippen molar-refractivity contribution in [2.24, 2.45) is 0 Å². The number of benzene rings is 3. The van der Waals surface area contributed by atoms with Crippen molar-refractivity contribution in [1.82, 2.24) is 4.98 Å². The SMILES string of the molecule is COc1ccc2nc3cc(Cl)ccc3c(NNc3ccccc3)c2c1. The van der Waals surface area contributed by atoms with E-state index < -0.39 is 0 Å². The predicted molar refractivity (Wildman–Crippen MR) is 104 cm³/mol. The van der Waals surface area contributed by atoms with E-state index in [2.05, 4.69) is 10.9 Å². The Morgan fingerprint density at radius 1 is 0.840 bits per heavy atom. The summed E-state index contributed by atoms with van der Waals surface area (Å²) in [6.45, 7) is 0. The highest BCUT2D eigenvalue weighted by Crippen LogP contribution is 2.34. The number of hydrazine groups is 1. The molecule has 0 aliphatic carbocycles. The number of ether oxygens (including phenoxy) is 1. The molecule has 5 heteroatoms. The van der Waals surface area contributed by atoms with Crippen LogP contribution in [0.3, 0.4) is 0 Å². The minimum atomic E-state index is 0.662. The summed E-state index contributed by atoms with van der Waals surface area (Å²) in [5, 5.41) is 2.61. The molecule has 0 aliphatic rings. The average molecular weight is 350 g/mol. The summed E-state index contributed by atoms with van der Waals surface area (Å²) >= 11 is 6.15. The Labute approximate surface area is 150 Å². The molecule has 2 N–H and O–H groups in total. The smallest absolute Gasteiger partial charge is 0.119 e. The highest BCUT2D eigenvalue weighted by Gasteiger charge is 2.11. The fourth-order valence-corrected chi connectivity index (χ4v) is 2.98. The standard InChI is InChI=1S/C20H16ClN3O/c1-25-15-8-10-18-17(12-15)20(24-23-14-5-3-2-4-6-14)16-9-7-13(21)11-19(16)22-18/h2-12,23H,1H3,(H,22,24). The summed E-state index contributed by atoms with van der Waals surface area (Å²) in [6.07, 6.45) is 0. The number of fused-ring (bicyclic) bond motifs is 2. The molecule has 0 saturated heterocycles. The topological polar surface area (TPSA) is 46.2 Å². The molecule has 3 aromatic carbocycles. The van der Waals surface area contributed by atoms with E-state index in [9.17, 15) is 0 Å². The van der Waals surface area contributed by atoms with Gasteiger partial charge in [-0.1, -0.05) is 29.8 Å². The molecule has 0 spiro atoms. The van der Waals surface area contributed by atoms with Gasteiger partial charge in [-0.3, -0.25) is 5.43 Å². The number of nitrogens with zero attached hydrogens (tertiary/aromatic N) is 1. The molecule has 0 amide bonds. The molecule has 1 aromatic heterocycles. The van der Waals surface area contributed by atoms with Crippen molar-refractivity contribution in [3.8, 4) is 5.75 Å². The number of pyridine rings is 1. The van der Waals surface area contributed by atoms with Crippen molar-refractivity contribution in [2.75, 3.05) is 18.0 Å². The minimum absolute atomic E-state index is 0.662. The second-order valence-corrected chi connectivity index (χ2v) is 6.08. The van der Waals surface area contributed by atoms with Gasteiger partial charge in [0.1, 0.15) is 5.75 Å². The molecule has 0 aliphatic heterocycles. The Hall–Kier alpha value is -2.98. The Morgan fingerprint density at radius 3 is 2.48 bits per heavy atom. The van der Waals surface area contributed by atoms with Gasteiger partial charge in [-0.25, -0.2) is 4.98 Å². The molecule has 4 rings (SSSR count). The van der Waals surface area contributed by atoms with E-state index in [1.54, 1.807) is 7.11 Å². The first-order chi connectivity index (χ1) is 12.2. The lowest BCUT2D eigenvalue weighted by molar-refractivity contribution is 0.415. The largest absolute Gasteiger partial charge is 0.497 e. The molecule has 124 valence electrons. The molecule has 0 atom stereocenters. The molecule has 4 nitrogen and oxygen atoms in total. The lowest BCUT2D eigenvalue weighted by Gasteiger charge is -2.15. The van der Waals surface area contributed by atoms with Crippen LogP contribution >= 0.6 is 11.6 Å². The zero-order chi connectivity index (χ0) is 17.2. The van der Waals surface area contributed by atoms with E-state index in [0.717, 1.165) is 38.9 Å². The van der Waals surface area contributed by atoms with Crippen molar-refractivity contribution in [1.29, 1.82) is 0 Å². The first kappa shape index (κ1) is 15.5. The van der Waals surface area contributed by atoms with Gasteiger partial charge in [0.05, 0.1) is 29.5 Å². The van der Waals surface area contributed by atoms with Crippen LogP contribution in [-0.4, -0.2) is 12.1 Å². The molecular weight excluding hydrogens is 334 g/mol. The van der Waals surface area contributed by atoms with Crippen LogP contribution in [0.15, 0.2) is 66.7 Å². The monoisotopic (exact) mass is 349 g/mol. The van der Waals surface area contributed by atoms with Gasteiger partial charge in [0.25, 0.3) is 0 Å². The molecule has 0 bridgehead atoms. The summed E-state index contributed by atoms with van der Waals surface area (Å²) in [7, 11) is 1.66. The third-order valence-electron chi connectivity index (χ3n) is 4.05. The number of hydrogen-bond acceptors (Lipinski definition) is 4. The van der Waals surface area contributed by atoms with Crippen LogP contribution < -0.4 is 15.6 Å². The lowest BCUT2D eigenvalue weighted by atomic mass is 10.1. The highest BCUT2D eigenvalue weighted by molar-refractivity contribution is 6.31. The van der Waals surface area contributed by atoms with E-state index in [-0.39, 0.29) is 0 Å². The average Bonchev–Trinajstić information content (AvgIpc) is 2.65. The Kier molecular flexibility index (Phi) is 4.04. The summed E-state index contributed by atoms with van der Waals surface area (Å²) in [5.41, 5.74) is 10.2. The maximum Gasteiger partial charge on any atom is 0.119 e. The van der Waals surface area contributed by atoms with Gasteiger partial charge in [-0.2, -0.15) is 0 Å². The molecule has 0 saturated carbocycles. The van der Waals surface area contributed by atoms with Crippen LogP contribution in [0, 0.1) is 0 Å². The number of rotatable bonds is 4. The molecule has 4 aromatic rings. The third kappa shape index (κ3) is 3.04. The van der Waals surface area contributed by atoms with Crippen LogP contribution in [0.2, 0.25) is 5.02 Å². The van der Waals surface area contributed by atoms with Gasteiger partial charge in [-0.05, 0) is 48.5 Å². The molecule has 0 fully saturated rings. The molecule has 0 unspecified atom stereocenters. The fourth-order valence-electron chi connectivity index (χ4n) is 2.81. The van der Waals surface area contributed by atoms with E-state index in [1.165, 1.54) is 0 Å². The summed E-state index contributed by atoms with van der Waals surface area (Å²) in [5.74, 6) is 0.783. The normalized spacial score (nSPS) is 10.8. The van der Waals surface area contributed by atoms with Crippen LogP contribution in [0.1, 0.15) is 0 Å². The van der Waals surface area contributed by atoms with Gasteiger partial charge in [-0.15, -0.1) is 0 Å². The second-order valence-electron chi connectivity index (χ2n) is 5.65. The summed E-state index contributed by atoms with van der Waals surface area (Å²) < 4.78 is 5.37. The van der Waals surface area contributed by atoms with Gasteiger partial charge < -0.3 is 10.2 Å². The number of aromatic nitrogens is 1. The third-order valence-corrected chi connectivity index (χ3v) is 4.28. The van der Waals surface area contributed by atoms with Crippen LogP contribution in [0.25, 0.3) is 21.8 Å². The summed E-state index contributed by atoms with van der Waals surface area (Å²) in [6, 6.07) is 21.5. The molecular formula is C20H16ClN3O. The minimum Gasteiger partial charge on any atom is -0.497 e. The molecule has 0 radical (unpaired) electrons. The Balaban J connectivity index is 1.89. The zero-order valence-corrected chi connectivity index (χ0v) is 14.3. The molecule has 1 heterocycles. The highest BCUT2D eigenvalue weighted by atomic mass is 35.5. The zero-order valence-electron chi connectivity index (χ0n) is 13.6. The van der Waals surface area contributed by atoms with Crippen LogP contribution in [0.4, 0.5) is 11.4 Å². The predicted octanol–water partition coefficient (Wildman–Crippen LogP) is 5.49. The van der Waals surface area contributed by atoms with E-state index in [0.29, 0.717) is 5.02 Å². The number of methoxy groups -OCH3 is 1. The van der Waals surface area contributed by atoms with E-state index in [4.69, 9.17) is 21.3 Å². The maximum absolute atomic E-state index is 6.15. The Morgan fingerprint density at radius 2 is 1.68 bits per heavy atom. The van der Waals surface area contributed by atoms with E-state index in [1.807, 2.05) is 66.7 Å². The lowest BCUT2D eigenvalue weighted by Crippen LogP contribution is -2.09. The Bertz CT molecular complexity index is 1050. The van der Waals surface area contributed by atoms with Gasteiger partial charge in [0.15, 0.2) is 0 Å². The van der Waals surface area contributed by atoms with Crippen molar-refractivity contribution >= 4 is 44.8 Å². The van der Waals surface area contributed by atoms with Gasteiger partial charge >= 0.3 is 0 Å². The van der Waals surface area contributed by atoms with Gasteiger partial charge in [0.2, 0.25) is 0 Å². The quantitative estimate of drug-likeness (QED) is 0.378. The van der Waals surface area contributed by atoms with Crippen LogP contribution in [0.5, 0.6) is 5.75 Å². The number of nitrogens with one attached hydrogen (secondary N) is 2. The first-order valence-corrected chi connectivity index (χ1v) is 8.26. The summed E-state index contributed by atoms with van der Waals surface area (Å²) in [4.78, 5) is 4.72. The number of anilines is 2. The van der Waals surface area contributed by atoms with Crippen molar-refractivity contribution in [3.63, 3.8) is 0 Å². The van der Waals surface area contributed by atoms with E-state index >= 15 is 0 Å². The second kappa shape index (κ2) is 6.49. The first-order valence-electron chi connectivity index (χ1n) is 7.89. The van der Waals surface area contributed by atoms with Crippen molar-refractivity contribution in [2.45, 2.75) is 0 Å². The maximum atomic E-state index is 6.15. The number of para-hydroxylation sites is 1.